The highest BCUT2D eigenvalue weighted by Gasteiger charge is 2.31. The van der Waals surface area contributed by atoms with E-state index in [1.165, 1.54) is 17.3 Å². The number of nitrogens with one attached hydrogen (secondary N) is 2. The van der Waals surface area contributed by atoms with E-state index < -0.39 is 6.04 Å². The van der Waals surface area contributed by atoms with Crippen LogP contribution in [0.25, 0.3) is 0 Å². The summed E-state index contributed by atoms with van der Waals surface area (Å²) in [7, 11) is 0. The third-order valence-corrected chi connectivity index (χ3v) is 5.94. The lowest BCUT2D eigenvalue weighted by molar-refractivity contribution is -0.125. The summed E-state index contributed by atoms with van der Waals surface area (Å²) in [4.78, 5) is 20.1. The fourth-order valence-electron chi connectivity index (χ4n) is 3.98. The number of hydrogen-bond acceptors (Lipinski definition) is 5. The molecule has 0 aliphatic carbocycles. The molecule has 0 bridgehead atoms. The zero-order chi connectivity index (χ0) is 24.1. The van der Waals surface area contributed by atoms with E-state index in [0.717, 1.165) is 28.1 Å². The van der Waals surface area contributed by atoms with Gasteiger partial charge < -0.3 is 20.9 Å². The first-order valence-electron chi connectivity index (χ1n) is 11.0. The highest BCUT2D eigenvalue weighted by Crippen LogP contribution is 2.29. The van der Waals surface area contributed by atoms with Gasteiger partial charge in [-0.3, -0.25) is 10.2 Å². The average molecular weight is 459 g/mol. The van der Waals surface area contributed by atoms with Crippen LogP contribution in [-0.4, -0.2) is 28.2 Å². The number of nitrogens with two attached hydrogens (primary N) is 1. The van der Waals surface area contributed by atoms with Gasteiger partial charge in [-0.2, -0.15) is 4.39 Å². The standard InChI is InChI=1S/C26H27FN6O/c1-18-22(13-14-30-25(18)29)33(17-28)21-9-7-19(8-10-21)15-31-26(34)23-11-12-24(27)32(23)16-20-5-3-2-4-6-20/h2-10,12-14,17,23,28H,11,15-16H2,1H3,(H2,29,30)(H,31,34). The molecule has 0 saturated heterocycles. The number of halogens is 1. The van der Waals surface area contributed by atoms with Gasteiger partial charge in [-0.05, 0) is 48.7 Å². The van der Waals surface area contributed by atoms with Crippen LogP contribution in [0, 0.1) is 12.3 Å². The Hall–Kier alpha value is -4.20. The number of amides is 1. The minimum absolute atomic E-state index is 0.215. The number of aromatic nitrogens is 1. The summed E-state index contributed by atoms with van der Waals surface area (Å²) >= 11 is 0. The Morgan fingerprint density at radius 3 is 2.65 bits per heavy atom. The molecule has 4 N–H and O–H groups in total. The van der Waals surface area contributed by atoms with Crippen molar-refractivity contribution in [2.45, 2.75) is 32.5 Å². The largest absolute Gasteiger partial charge is 0.383 e. The third kappa shape index (κ3) is 4.91. The Balaban J connectivity index is 1.39. The molecule has 3 aromatic rings. The third-order valence-electron chi connectivity index (χ3n) is 5.94. The molecule has 0 saturated carbocycles. The molecule has 1 atom stereocenters. The van der Waals surface area contributed by atoms with Crippen molar-refractivity contribution in [2.24, 2.45) is 0 Å². The first-order chi connectivity index (χ1) is 16.5. The Morgan fingerprint density at radius 2 is 1.94 bits per heavy atom. The van der Waals surface area contributed by atoms with Crippen LogP contribution in [0.5, 0.6) is 0 Å². The van der Waals surface area contributed by atoms with Crippen LogP contribution >= 0.6 is 0 Å². The topological polar surface area (TPSA) is 98.3 Å². The van der Waals surface area contributed by atoms with Crippen LogP contribution in [0.3, 0.4) is 0 Å². The Labute approximate surface area is 198 Å². The number of anilines is 3. The Kier molecular flexibility index (Phi) is 6.87. The van der Waals surface area contributed by atoms with Gasteiger partial charge >= 0.3 is 0 Å². The summed E-state index contributed by atoms with van der Waals surface area (Å²) in [5, 5.41) is 10.8. The predicted molar refractivity (Wildman–Crippen MR) is 132 cm³/mol. The summed E-state index contributed by atoms with van der Waals surface area (Å²) < 4.78 is 14.4. The van der Waals surface area contributed by atoms with Gasteiger partial charge in [-0.1, -0.05) is 42.5 Å². The molecule has 4 rings (SSSR count). The molecule has 2 aromatic carbocycles. The van der Waals surface area contributed by atoms with Gasteiger partial charge in [0.15, 0.2) is 5.95 Å². The summed E-state index contributed by atoms with van der Waals surface area (Å²) in [6.45, 7) is 2.52. The molecule has 7 nitrogen and oxygen atoms in total. The molecular formula is C26H27FN6O. The molecule has 1 aromatic heterocycles. The molecule has 2 heterocycles. The first kappa shape index (κ1) is 23.0. The number of rotatable bonds is 8. The summed E-state index contributed by atoms with van der Waals surface area (Å²) in [5.41, 5.74) is 10.1. The fraction of sp³-hybridized carbons (Fsp3) is 0.192. The molecule has 34 heavy (non-hydrogen) atoms. The van der Waals surface area contributed by atoms with Gasteiger partial charge in [0, 0.05) is 30.5 Å². The quantitative estimate of drug-likeness (QED) is 0.264. The maximum absolute atomic E-state index is 14.4. The molecule has 1 amide bonds. The van der Waals surface area contributed by atoms with Crippen molar-refractivity contribution in [3.8, 4) is 0 Å². The van der Waals surface area contributed by atoms with Crippen LogP contribution in [0.15, 0.2) is 78.9 Å². The zero-order valence-electron chi connectivity index (χ0n) is 18.9. The highest BCUT2D eigenvalue weighted by molar-refractivity contribution is 5.89. The number of pyridine rings is 1. The maximum Gasteiger partial charge on any atom is 0.243 e. The van der Waals surface area contributed by atoms with Crippen molar-refractivity contribution < 1.29 is 9.18 Å². The molecular weight excluding hydrogens is 431 g/mol. The second-order valence-electron chi connectivity index (χ2n) is 8.12. The van der Waals surface area contributed by atoms with Gasteiger partial charge in [0.25, 0.3) is 0 Å². The van der Waals surface area contributed by atoms with E-state index in [9.17, 15) is 9.18 Å². The van der Waals surface area contributed by atoms with Gasteiger partial charge in [-0.25, -0.2) is 4.98 Å². The Bertz CT molecular complexity index is 1200. The van der Waals surface area contributed by atoms with Crippen molar-refractivity contribution in [1.29, 1.82) is 5.41 Å². The van der Waals surface area contributed by atoms with Crippen molar-refractivity contribution in [3.63, 3.8) is 0 Å². The normalized spacial score (nSPS) is 15.1. The van der Waals surface area contributed by atoms with E-state index in [1.807, 2.05) is 61.5 Å². The number of benzene rings is 2. The lowest BCUT2D eigenvalue weighted by Gasteiger charge is -2.26. The van der Waals surface area contributed by atoms with Crippen LogP contribution in [0.1, 0.15) is 23.1 Å². The average Bonchev–Trinajstić information content (AvgIpc) is 3.22. The van der Waals surface area contributed by atoms with E-state index in [1.54, 1.807) is 17.2 Å². The maximum atomic E-state index is 14.4. The summed E-state index contributed by atoms with van der Waals surface area (Å²) in [6, 6.07) is 18.3. The van der Waals surface area contributed by atoms with Gasteiger partial charge in [0.1, 0.15) is 11.9 Å². The predicted octanol–water partition coefficient (Wildman–Crippen LogP) is 4.42. The number of carbonyl (C=O) groups is 1. The van der Waals surface area contributed by atoms with Crippen LogP contribution < -0.4 is 16.0 Å². The molecule has 1 aliphatic heterocycles. The summed E-state index contributed by atoms with van der Waals surface area (Å²) in [6.07, 6.45) is 4.63. The molecule has 1 aliphatic rings. The van der Waals surface area contributed by atoms with Crippen molar-refractivity contribution in [2.75, 3.05) is 10.6 Å². The lowest BCUT2D eigenvalue weighted by atomic mass is 10.1. The van der Waals surface area contributed by atoms with Crippen molar-refractivity contribution in [1.82, 2.24) is 15.2 Å². The number of nitrogens with zero attached hydrogens (tertiary/aromatic N) is 3. The molecule has 1 unspecified atom stereocenters. The zero-order valence-corrected chi connectivity index (χ0v) is 18.9. The monoisotopic (exact) mass is 458 g/mol. The van der Waals surface area contributed by atoms with E-state index >= 15 is 0 Å². The molecule has 0 fully saturated rings. The molecule has 0 spiro atoms. The van der Waals surface area contributed by atoms with E-state index in [2.05, 4.69) is 10.3 Å². The van der Waals surface area contributed by atoms with E-state index in [-0.39, 0.29) is 11.9 Å². The lowest BCUT2D eigenvalue weighted by Crippen LogP contribution is -2.42. The van der Waals surface area contributed by atoms with Gasteiger partial charge in [0.05, 0.1) is 12.0 Å². The highest BCUT2D eigenvalue weighted by atomic mass is 19.1. The SMILES string of the molecule is Cc1c(N(C=N)c2ccc(CNC(=O)C3CC=C(F)N3Cc3ccccc3)cc2)ccnc1N. The van der Waals surface area contributed by atoms with Gasteiger partial charge in [0.2, 0.25) is 5.91 Å². The fourth-order valence-corrected chi connectivity index (χ4v) is 3.98. The van der Waals surface area contributed by atoms with E-state index in [0.29, 0.717) is 25.3 Å². The van der Waals surface area contributed by atoms with Crippen LogP contribution in [0.2, 0.25) is 0 Å². The second-order valence-corrected chi connectivity index (χ2v) is 8.12. The number of nitrogen functional groups attached to an aromatic ring is 1. The molecule has 174 valence electrons. The Morgan fingerprint density at radius 1 is 1.21 bits per heavy atom. The molecule has 8 heteroatoms. The smallest absolute Gasteiger partial charge is 0.243 e. The van der Waals surface area contributed by atoms with Crippen LogP contribution in [-0.2, 0) is 17.9 Å². The van der Waals surface area contributed by atoms with Crippen LogP contribution in [0.4, 0.5) is 21.6 Å². The first-order valence-corrected chi connectivity index (χ1v) is 11.0. The van der Waals surface area contributed by atoms with Gasteiger partial charge in [-0.15, -0.1) is 0 Å². The molecule has 0 radical (unpaired) electrons. The second kappa shape index (κ2) is 10.2. The minimum atomic E-state index is -0.576. The van der Waals surface area contributed by atoms with E-state index in [4.69, 9.17) is 11.1 Å². The minimum Gasteiger partial charge on any atom is -0.383 e. The summed E-state index contributed by atoms with van der Waals surface area (Å²) in [5.74, 6) is -0.164. The van der Waals surface area contributed by atoms with Crippen molar-refractivity contribution >= 4 is 29.4 Å². The number of carbonyl (C=O) groups excluding carboxylic acids is 1. The number of hydrogen-bond donors (Lipinski definition) is 3. The van der Waals surface area contributed by atoms with Crippen molar-refractivity contribution in [3.05, 3.63) is 95.6 Å².